The molecule has 0 bridgehead atoms. The number of hydrogen-bond acceptors (Lipinski definition) is 3. The third-order valence-electron chi connectivity index (χ3n) is 4.91. The Bertz CT molecular complexity index is 530. The maximum Gasteiger partial charge on any atom is 0.240 e. The quantitative estimate of drug-likeness (QED) is 0.775. The molecule has 0 saturated carbocycles. The summed E-state index contributed by atoms with van der Waals surface area (Å²) in [6.07, 6.45) is 4.27. The number of piperidine rings is 1. The zero-order chi connectivity index (χ0) is 17.6. The number of benzene rings is 1. The van der Waals surface area contributed by atoms with Crippen LogP contribution in [-0.4, -0.2) is 29.4 Å². The highest BCUT2D eigenvalue weighted by atomic mass is 35.5. The lowest BCUT2D eigenvalue weighted by Gasteiger charge is -2.30. The Labute approximate surface area is 158 Å². The smallest absolute Gasteiger partial charge is 0.240 e. The summed E-state index contributed by atoms with van der Waals surface area (Å²) in [5.74, 6) is 0.734. The Hall–Kier alpha value is -1.10. The predicted molar refractivity (Wildman–Crippen MR) is 107 cm³/mol. The van der Waals surface area contributed by atoms with E-state index in [4.69, 9.17) is 5.73 Å². The molecule has 2 rings (SSSR count). The second-order valence-electron chi connectivity index (χ2n) is 7.65. The van der Waals surface area contributed by atoms with Gasteiger partial charge in [-0.1, -0.05) is 44.5 Å². The minimum Gasteiger partial charge on any atom is -0.350 e. The van der Waals surface area contributed by atoms with Crippen LogP contribution in [0.3, 0.4) is 0 Å². The van der Waals surface area contributed by atoms with Crippen molar-refractivity contribution in [3.05, 3.63) is 35.4 Å². The molecule has 1 aromatic carbocycles. The van der Waals surface area contributed by atoms with Gasteiger partial charge in [0.2, 0.25) is 5.91 Å². The van der Waals surface area contributed by atoms with Crippen molar-refractivity contribution in [2.75, 3.05) is 13.1 Å². The summed E-state index contributed by atoms with van der Waals surface area (Å²) in [5, 5.41) is 2.96. The van der Waals surface area contributed by atoms with Crippen LogP contribution in [0.25, 0.3) is 0 Å². The molecule has 0 aromatic heterocycles. The first-order chi connectivity index (χ1) is 11.4. The van der Waals surface area contributed by atoms with Crippen LogP contribution in [0.2, 0.25) is 0 Å². The summed E-state index contributed by atoms with van der Waals surface area (Å²) in [6, 6.07) is 8.57. The highest BCUT2D eigenvalue weighted by Gasteiger charge is 2.26. The summed E-state index contributed by atoms with van der Waals surface area (Å²) in [7, 11) is 0. The largest absolute Gasteiger partial charge is 0.350 e. The number of rotatable bonds is 7. The number of carbonyl (C=O) groups excluding carboxylic acids is 1. The molecule has 1 heterocycles. The number of carbonyl (C=O) groups is 1. The SMILES string of the molecule is CCCC(C)(N)C(=O)NCc1ccc(CN2CCCC(C)C2)cc1.Cl. The molecule has 0 spiro atoms. The third-order valence-corrected chi connectivity index (χ3v) is 4.91. The molecular weight excluding hydrogens is 334 g/mol. The molecule has 5 heteroatoms. The fourth-order valence-corrected chi connectivity index (χ4v) is 3.47. The van der Waals surface area contributed by atoms with Crippen LogP contribution in [-0.2, 0) is 17.9 Å². The number of nitrogens with one attached hydrogen (secondary N) is 1. The van der Waals surface area contributed by atoms with Gasteiger partial charge in [0.15, 0.2) is 0 Å². The molecule has 1 aliphatic heterocycles. The lowest BCUT2D eigenvalue weighted by atomic mass is 9.96. The second kappa shape index (κ2) is 10.1. The molecule has 3 N–H and O–H groups in total. The Morgan fingerprint density at radius 3 is 2.56 bits per heavy atom. The molecule has 0 radical (unpaired) electrons. The normalized spacial score (nSPS) is 20.4. The van der Waals surface area contributed by atoms with Gasteiger partial charge in [-0.25, -0.2) is 0 Å². The fraction of sp³-hybridized carbons (Fsp3) is 0.650. The summed E-state index contributed by atoms with van der Waals surface area (Å²) in [5.41, 5.74) is 7.74. The van der Waals surface area contributed by atoms with Gasteiger partial charge in [-0.2, -0.15) is 0 Å². The van der Waals surface area contributed by atoms with E-state index in [0.717, 1.165) is 24.4 Å². The van der Waals surface area contributed by atoms with Gasteiger partial charge >= 0.3 is 0 Å². The van der Waals surface area contributed by atoms with Crippen molar-refractivity contribution in [3.8, 4) is 0 Å². The van der Waals surface area contributed by atoms with Gasteiger partial charge in [0, 0.05) is 19.6 Å². The van der Waals surface area contributed by atoms with Crippen LogP contribution in [0.4, 0.5) is 0 Å². The number of halogens is 1. The monoisotopic (exact) mass is 367 g/mol. The van der Waals surface area contributed by atoms with Crippen LogP contribution in [0.15, 0.2) is 24.3 Å². The van der Waals surface area contributed by atoms with Crippen molar-refractivity contribution >= 4 is 18.3 Å². The average molecular weight is 368 g/mol. The van der Waals surface area contributed by atoms with E-state index in [0.29, 0.717) is 13.0 Å². The maximum absolute atomic E-state index is 12.1. The van der Waals surface area contributed by atoms with Crippen molar-refractivity contribution in [1.29, 1.82) is 0 Å². The van der Waals surface area contributed by atoms with Crippen LogP contribution >= 0.6 is 12.4 Å². The zero-order valence-corrected chi connectivity index (χ0v) is 16.7. The van der Waals surface area contributed by atoms with Gasteiger partial charge in [0.25, 0.3) is 0 Å². The van der Waals surface area contributed by atoms with E-state index in [1.807, 2.05) is 6.92 Å². The van der Waals surface area contributed by atoms with Gasteiger partial charge in [-0.05, 0) is 49.8 Å². The van der Waals surface area contributed by atoms with E-state index >= 15 is 0 Å². The topological polar surface area (TPSA) is 58.4 Å². The van der Waals surface area contributed by atoms with Crippen LogP contribution in [0.5, 0.6) is 0 Å². The lowest BCUT2D eigenvalue weighted by molar-refractivity contribution is -0.126. The molecule has 2 unspecified atom stereocenters. The predicted octanol–water partition coefficient (Wildman–Crippen LogP) is 3.47. The minimum absolute atomic E-state index is 0. The summed E-state index contributed by atoms with van der Waals surface area (Å²) < 4.78 is 0. The molecule has 1 amide bonds. The summed E-state index contributed by atoms with van der Waals surface area (Å²) in [4.78, 5) is 14.7. The van der Waals surface area contributed by atoms with Crippen molar-refractivity contribution < 1.29 is 4.79 Å². The van der Waals surface area contributed by atoms with Crippen LogP contribution in [0.1, 0.15) is 57.6 Å². The molecule has 1 aromatic rings. The van der Waals surface area contributed by atoms with Gasteiger partial charge in [0.1, 0.15) is 0 Å². The van der Waals surface area contributed by atoms with E-state index in [-0.39, 0.29) is 18.3 Å². The Morgan fingerprint density at radius 2 is 1.96 bits per heavy atom. The van der Waals surface area contributed by atoms with E-state index in [2.05, 4.69) is 41.4 Å². The molecule has 0 aliphatic carbocycles. The molecule has 1 aliphatic rings. The maximum atomic E-state index is 12.1. The number of amides is 1. The first-order valence-corrected chi connectivity index (χ1v) is 9.28. The molecular formula is C20H34ClN3O. The molecule has 2 atom stereocenters. The summed E-state index contributed by atoms with van der Waals surface area (Å²) in [6.45, 7) is 10.1. The first-order valence-electron chi connectivity index (χ1n) is 9.28. The van der Waals surface area contributed by atoms with Crippen molar-refractivity contribution in [1.82, 2.24) is 10.2 Å². The van der Waals surface area contributed by atoms with Crippen molar-refractivity contribution in [3.63, 3.8) is 0 Å². The average Bonchev–Trinajstić information content (AvgIpc) is 2.54. The molecule has 142 valence electrons. The van der Waals surface area contributed by atoms with Crippen molar-refractivity contribution in [2.24, 2.45) is 11.7 Å². The standard InChI is InChI=1S/C20H33N3O.ClH/c1-4-11-20(3,21)19(24)22-13-17-7-9-18(10-8-17)15-23-12-5-6-16(2)14-23;/h7-10,16H,4-6,11-15,21H2,1-3H3,(H,22,24);1H. The van der Waals surface area contributed by atoms with E-state index in [1.165, 1.54) is 31.5 Å². The number of hydrogen-bond donors (Lipinski definition) is 2. The summed E-state index contributed by atoms with van der Waals surface area (Å²) >= 11 is 0. The fourth-order valence-electron chi connectivity index (χ4n) is 3.47. The first kappa shape index (κ1) is 21.9. The van der Waals surface area contributed by atoms with Gasteiger partial charge in [-0.15, -0.1) is 12.4 Å². The van der Waals surface area contributed by atoms with E-state index in [1.54, 1.807) is 6.92 Å². The number of likely N-dealkylation sites (tertiary alicyclic amines) is 1. The molecule has 25 heavy (non-hydrogen) atoms. The second-order valence-corrected chi connectivity index (χ2v) is 7.65. The van der Waals surface area contributed by atoms with Crippen molar-refractivity contribution in [2.45, 2.75) is 65.1 Å². The molecule has 1 saturated heterocycles. The number of nitrogens with two attached hydrogens (primary N) is 1. The molecule has 4 nitrogen and oxygen atoms in total. The van der Waals surface area contributed by atoms with Crippen LogP contribution < -0.4 is 11.1 Å². The van der Waals surface area contributed by atoms with Gasteiger partial charge in [0.05, 0.1) is 5.54 Å². The number of nitrogens with zero attached hydrogens (tertiary/aromatic N) is 1. The third kappa shape index (κ3) is 6.96. The van der Waals surface area contributed by atoms with Gasteiger partial charge in [-0.3, -0.25) is 9.69 Å². The highest BCUT2D eigenvalue weighted by molar-refractivity contribution is 5.85. The lowest BCUT2D eigenvalue weighted by Crippen LogP contribution is -2.51. The van der Waals surface area contributed by atoms with Crippen LogP contribution in [0, 0.1) is 5.92 Å². The Balaban J connectivity index is 0.00000312. The van der Waals surface area contributed by atoms with E-state index in [9.17, 15) is 4.79 Å². The molecule has 1 fully saturated rings. The zero-order valence-electron chi connectivity index (χ0n) is 15.9. The Kier molecular flexibility index (Phi) is 8.91. The van der Waals surface area contributed by atoms with Gasteiger partial charge < -0.3 is 11.1 Å². The van der Waals surface area contributed by atoms with E-state index < -0.39 is 5.54 Å². The Morgan fingerprint density at radius 1 is 1.32 bits per heavy atom. The highest BCUT2D eigenvalue weighted by Crippen LogP contribution is 2.18. The minimum atomic E-state index is -0.778.